The van der Waals surface area contributed by atoms with Crippen molar-refractivity contribution >= 4 is 11.1 Å². The molecule has 27 heavy (non-hydrogen) atoms. The predicted octanol–water partition coefficient (Wildman–Crippen LogP) is 4.45. The van der Waals surface area contributed by atoms with Crippen molar-refractivity contribution in [2.75, 3.05) is 0 Å². The molecular formula is C21H14N4O2. The van der Waals surface area contributed by atoms with Crippen LogP contribution in [0.25, 0.3) is 39.4 Å². The maximum absolute atomic E-state index is 10.4. The lowest BCUT2D eigenvalue weighted by molar-refractivity contribution is 0.474. The second-order valence-electron chi connectivity index (χ2n) is 6.14. The molecule has 3 aromatic carbocycles. The van der Waals surface area contributed by atoms with Gasteiger partial charge in [0, 0.05) is 6.07 Å². The van der Waals surface area contributed by atoms with Crippen molar-refractivity contribution in [2.45, 2.75) is 0 Å². The van der Waals surface area contributed by atoms with Gasteiger partial charge in [0.1, 0.15) is 23.9 Å². The van der Waals surface area contributed by atoms with Gasteiger partial charge in [-0.2, -0.15) is 0 Å². The second-order valence-corrected chi connectivity index (χ2v) is 6.14. The fraction of sp³-hybridized carbons (Fsp3) is 0. The Labute approximate surface area is 154 Å². The van der Waals surface area contributed by atoms with Crippen LogP contribution in [0.5, 0.6) is 5.75 Å². The molecule has 6 heteroatoms. The molecule has 1 N–H and O–H groups in total. The minimum Gasteiger partial charge on any atom is -0.507 e. The van der Waals surface area contributed by atoms with Gasteiger partial charge in [-0.1, -0.05) is 36.4 Å². The molecule has 5 rings (SSSR count). The zero-order valence-electron chi connectivity index (χ0n) is 14.1. The number of fused-ring (bicyclic) bond motifs is 1. The molecule has 0 bridgehead atoms. The lowest BCUT2D eigenvalue weighted by Gasteiger charge is -2.04. The van der Waals surface area contributed by atoms with Crippen molar-refractivity contribution in [3.05, 3.63) is 79.4 Å². The fourth-order valence-electron chi connectivity index (χ4n) is 3.05. The zero-order chi connectivity index (χ0) is 18.2. The Bertz CT molecular complexity index is 1230. The maximum Gasteiger partial charge on any atom is 0.231 e. The van der Waals surface area contributed by atoms with Crippen molar-refractivity contribution < 1.29 is 9.52 Å². The van der Waals surface area contributed by atoms with E-state index in [-0.39, 0.29) is 5.75 Å². The summed E-state index contributed by atoms with van der Waals surface area (Å²) in [5.41, 5.74) is 4.88. The Morgan fingerprint density at radius 1 is 0.815 bits per heavy atom. The number of nitrogens with zero attached hydrogens (tertiary/aromatic N) is 4. The highest BCUT2D eigenvalue weighted by atomic mass is 16.3. The van der Waals surface area contributed by atoms with Crippen LogP contribution in [0.3, 0.4) is 0 Å². The third-order valence-corrected chi connectivity index (χ3v) is 4.42. The molecule has 0 saturated heterocycles. The molecular weight excluding hydrogens is 340 g/mol. The Morgan fingerprint density at radius 2 is 1.63 bits per heavy atom. The minimum atomic E-state index is 0.0797. The number of benzene rings is 3. The standard InChI is InChI=1S/C21H14N4O2/c26-19-11-16(25-12-22-23-13-25)7-8-17(19)21-24-18-10-15(6-9-20(18)27-21)14-4-2-1-3-5-14/h1-13,26H. The number of aromatic hydroxyl groups is 1. The molecule has 0 aliphatic heterocycles. The van der Waals surface area contributed by atoms with Crippen LogP contribution < -0.4 is 0 Å². The predicted molar refractivity (Wildman–Crippen MR) is 101 cm³/mol. The zero-order valence-corrected chi connectivity index (χ0v) is 14.1. The van der Waals surface area contributed by atoms with Crippen molar-refractivity contribution in [1.29, 1.82) is 0 Å². The van der Waals surface area contributed by atoms with Crippen LogP contribution in [0.15, 0.2) is 83.8 Å². The van der Waals surface area contributed by atoms with Gasteiger partial charge in [0.2, 0.25) is 5.89 Å². The average Bonchev–Trinajstić information content (AvgIpc) is 3.38. The topological polar surface area (TPSA) is 77.0 Å². The number of phenols is 1. The number of rotatable bonds is 3. The number of phenolic OH excluding ortho intramolecular Hbond substituents is 1. The minimum absolute atomic E-state index is 0.0797. The van der Waals surface area contributed by atoms with Crippen molar-refractivity contribution in [3.63, 3.8) is 0 Å². The van der Waals surface area contributed by atoms with E-state index in [1.54, 1.807) is 29.4 Å². The summed E-state index contributed by atoms with van der Waals surface area (Å²) in [4.78, 5) is 4.56. The largest absolute Gasteiger partial charge is 0.507 e. The molecule has 0 unspecified atom stereocenters. The van der Waals surface area contributed by atoms with E-state index in [0.717, 1.165) is 22.3 Å². The Hall–Kier alpha value is -3.93. The Morgan fingerprint density at radius 3 is 2.41 bits per heavy atom. The van der Waals surface area contributed by atoms with Gasteiger partial charge < -0.3 is 9.52 Å². The summed E-state index contributed by atoms with van der Waals surface area (Å²) in [7, 11) is 0. The molecule has 6 nitrogen and oxygen atoms in total. The fourth-order valence-corrected chi connectivity index (χ4v) is 3.05. The molecule has 2 heterocycles. The van der Waals surface area contributed by atoms with Crippen LogP contribution in [-0.4, -0.2) is 24.9 Å². The maximum atomic E-state index is 10.4. The number of hydrogen-bond acceptors (Lipinski definition) is 5. The highest BCUT2D eigenvalue weighted by Crippen LogP contribution is 2.33. The van der Waals surface area contributed by atoms with E-state index >= 15 is 0 Å². The van der Waals surface area contributed by atoms with Gasteiger partial charge in [0.15, 0.2) is 5.58 Å². The van der Waals surface area contributed by atoms with Crippen molar-refractivity contribution in [3.8, 4) is 34.0 Å². The molecule has 5 aromatic rings. The summed E-state index contributed by atoms with van der Waals surface area (Å²) in [6.07, 6.45) is 3.14. The molecule has 0 spiro atoms. The molecule has 0 saturated carbocycles. The number of aromatic nitrogens is 4. The first-order valence-corrected chi connectivity index (χ1v) is 8.42. The number of hydrogen-bond donors (Lipinski definition) is 1. The highest BCUT2D eigenvalue weighted by Gasteiger charge is 2.14. The monoisotopic (exact) mass is 354 g/mol. The SMILES string of the molecule is Oc1cc(-n2cnnc2)ccc1-c1nc2cc(-c3ccccc3)ccc2o1. The van der Waals surface area contributed by atoms with Crippen LogP contribution in [0, 0.1) is 0 Å². The average molecular weight is 354 g/mol. The van der Waals surface area contributed by atoms with E-state index in [1.807, 2.05) is 42.5 Å². The quantitative estimate of drug-likeness (QED) is 0.518. The van der Waals surface area contributed by atoms with E-state index < -0.39 is 0 Å². The third kappa shape index (κ3) is 2.73. The molecule has 0 aliphatic carbocycles. The smallest absolute Gasteiger partial charge is 0.231 e. The van der Waals surface area contributed by atoms with Gasteiger partial charge in [-0.15, -0.1) is 10.2 Å². The van der Waals surface area contributed by atoms with Crippen LogP contribution in [0.1, 0.15) is 0 Å². The molecule has 0 fully saturated rings. The Kier molecular flexibility index (Phi) is 3.47. The second kappa shape index (κ2) is 6.10. The summed E-state index contributed by atoms with van der Waals surface area (Å²) in [6, 6.07) is 21.2. The van der Waals surface area contributed by atoms with Crippen molar-refractivity contribution in [1.82, 2.24) is 19.7 Å². The van der Waals surface area contributed by atoms with E-state index in [4.69, 9.17) is 4.42 Å². The molecule has 0 amide bonds. The summed E-state index contributed by atoms with van der Waals surface area (Å²) in [5.74, 6) is 0.457. The van der Waals surface area contributed by atoms with E-state index in [2.05, 4.69) is 27.3 Å². The third-order valence-electron chi connectivity index (χ3n) is 4.42. The summed E-state index contributed by atoms with van der Waals surface area (Å²) in [6.45, 7) is 0. The first-order chi connectivity index (χ1) is 13.3. The van der Waals surface area contributed by atoms with E-state index in [0.29, 0.717) is 17.0 Å². The Balaban J connectivity index is 1.55. The normalized spacial score (nSPS) is 11.1. The van der Waals surface area contributed by atoms with E-state index in [9.17, 15) is 5.11 Å². The van der Waals surface area contributed by atoms with Gasteiger partial charge in [-0.25, -0.2) is 4.98 Å². The van der Waals surface area contributed by atoms with Crippen LogP contribution in [0.2, 0.25) is 0 Å². The number of oxazole rings is 1. The lowest BCUT2D eigenvalue weighted by atomic mass is 10.1. The lowest BCUT2D eigenvalue weighted by Crippen LogP contribution is -1.90. The molecule has 130 valence electrons. The first-order valence-electron chi connectivity index (χ1n) is 8.42. The molecule has 0 aliphatic rings. The first kappa shape index (κ1) is 15.3. The van der Waals surface area contributed by atoms with Crippen molar-refractivity contribution in [2.24, 2.45) is 0 Å². The van der Waals surface area contributed by atoms with Gasteiger partial charge in [0.05, 0.1) is 11.3 Å². The van der Waals surface area contributed by atoms with Gasteiger partial charge >= 0.3 is 0 Å². The summed E-state index contributed by atoms with van der Waals surface area (Å²) < 4.78 is 7.56. The van der Waals surface area contributed by atoms with Crippen LogP contribution in [0.4, 0.5) is 0 Å². The highest BCUT2D eigenvalue weighted by molar-refractivity contribution is 5.83. The van der Waals surface area contributed by atoms with Gasteiger partial charge in [-0.05, 0) is 35.4 Å². The molecule has 0 atom stereocenters. The van der Waals surface area contributed by atoms with E-state index in [1.165, 1.54) is 0 Å². The van der Waals surface area contributed by atoms with Crippen LogP contribution >= 0.6 is 0 Å². The summed E-state index contributed by atoms with van der Waals surface area (Å²) in [5, 5.41) is 18.0. The van der Waals surface area contributed by atoms with Gasteiger partial charge in [-0.3, -0.25) is 4.57 Å². The molecule has 0 radical (unpaired) electrons. The molecule has 2 aromatic heterocycles. The summed E-state index contributed by atoms with van der Waals surface area (Å²) >= 11 is 0. The van der Waals surface area contributed by atoms with Crippen LogP contribution in [-0.2, 0) is 0 Å². The van der Waals surface area contributed by atoms with Gasteiger partial charge in [0.25, 0.3) is 0 Å².